The Labute approximate surface area is 187 Å². The number of benzene rings is 2. The van der Waals surface area contributed by atoms with Crippen molar-refractivity contribution in [3.8, 4) is 5.75 Å². The molecule has 0 spiro atoms. The third kappa shape index (κ3) is 4.66. The van der Waals surface area contributed by atoms with E-state index in [-0.39, 0.29) is 17.3 Å². The lowest BCUT2D eigenvalue weighted by Gasteiger charge is -2.14. The number of rotatable bonds is 6. The molecule has 0 radical (unpaired) electrons. The van der Waals surface area contributed by atoms with Gasteiger partial charge in [0.2, 0.25) is 0 Å². The molecule has 4 aromatic rings. The molecular weight excluding hydrogens is 429 g/mol. The number of anilines is 4. The van der Waals surface area contributed by atoms with Crippen LogP contribution in [0.15, 0.2) is 55.0 Å². The fourth-order valence-corrected chi connectivity index (χ4v) is 3.22. The van der Waals surface area contributed by atoms with E-state index in [2.05, 4.69) is 36.4 Å². The van der Waals surface area contributed by atoms with Gasteiger partial charge >= 0.3 is 6.03 Å². The van der Waals surface area contributed by atoms with Crippen molar-refractivity contribution in [1.29, 1.82) is 0 Å². The predicted octanol–water partition coefficient (Wildman–Crippen LogP) is 3.85. The number of halogens is 1. The van der Waals surface area contributed by atoms with Gasteiger partial charge in [0.15, 0.2) is 0 Å². The number of hydrogen-bond donors (Lipinski definition) is 5. The summed E-state index contributed by atoms with van der Waals surface area (Å²) in [4.78, 5) is 28.6. The number of carbonyl (C=O) groups excluding carboxylic acids is 2. The lowest BCUT2D eigenvalue weighted by molar-refractivity contribution is 0.0960. The van der Waals surface area contributed by atoms with Gasteiger partial charge in [-0.15, -0.1) is 0 Å². The van der Waals surface area contributed by atoms with Gasteiger partial charge in [0.05, 0.1) is 35.8 Å². The molecule has 33 heavy (non-hydrogen) atoms. The zero-order valence-electron chi connectivity index (χ0n) is 17.7. The zero-order chi connectivity index (χ0) is 23.4. The number of aromatic amines is 1. The Morgan fingerprint density at radius 1 is 1.06 bits per heavy atom. The standard InChI is InChI=1S/C22H20FN7O3/c1-24-21(31)15-8-14-17(5-6-25-19(14)9-20(15)33-2)30-18-4-3-12(7-16(18)23)28-22(32)29-13-10-26-27-11-13/h3-11H,1-2H3,(H,24,31)(H,25,30)(H,26,27)(H2,28,29,32). The molecule has 0 bridgehead atoms. The molecule has 168 valence electrons. The summed E-state index contributed by atoms with van der Waals surface area (Å²) in [6, 6.07) is 8.67. The Bertz CT molecular complexity index is 1330. The van der Waals surface area contributed by atoms with Crippen LogP contribution in [0, 0.1) is 5.82 Å². The van der Waals surface area contributed by atoms with Crippen LogP contribution in [0.25, 0.3) is 10.9 Å². The van der Waals surface area contributed by atoms with E-state index < -0.39 is 11.8 Å². The minimum absolute atomic E-state index is 0.181. The number of aromatic nitrogens is 3. The maximum atomic E-state index is 14.8. The lowest BCUT2D eigenvalue weighted by Crippen LogP contribution is -2.19. The number of ether oxygens (including phenoxy) is 1. The van der Waals surface area contributed by atoms with Gasteiger partial charge < -0.3 is 26.0 Å². The number of fused-ring (bicyclic) bond motifs is 1. The molecule has 2 heterocycles. The van der Waals surface area contributed by atoms with Crippen LogP contribution in [0.5, 0.6) is 5.75 Å². The van der Waals surface area contributed by atoms with Crippen LogP contribution in [0.1, 0.15) is 10.4 Å². The van der Waals surface area contributed by atoms with E-state index in [4.69, 9.17) is 4.74 Å². The van der Waals surface area contributed by atoms with E-state index in [0.717, 1.165) is 0 Å². The van der Waals surface area contributed by atoms with Crippen molar-refractivity contribution in [2.75, 3.05) is 30.1 Å². The number of nitrogens with one attached hydrogen (secondary N) is 5. The van der Waals surface area contributed by atoms with Gasteiger partial charge in [-0.3, -0.25) is 14.9 Å². The van der Waals surface area contributed by atoms with Gasteiger partial charge in [0.1, 0.15) is 11.6 Å². The van der Waals surface area contributed by atoms with E-state index in [1.807, 2.05) is 0 Å². The third-order valence-corrected chi connectivity index (χ3v) is 4.79. The molecule has 0 saturated carbocycles. The van der Waals surface area contributed by atoms with Crippen LogP contribution in [0.2, 0.25) is 0 Å². The van der Waals surface area contributed by atoms with Crippen LogP contribution in [-0.2, 0) is 0 Å². The van der Waals surface area contributed by atoms with Crippen molar-refractivity contribution in [2.24, 2.45) is 0 Å². The molecule has 0 unspecified atom stereocenters. The number of H-pyrrole nitrogens is 1. The van der Waals surface area contributed by atoms with Gasteiger partial charge in [0, 0.05) is 42.3 Å². The molecule has 0 aliphatic rings. The summed E-state index contributed by atoms with van der Waals surface area (Å²) in [5, 5.41) is 17.6. The Balaban J connectivity index is 1.58. The highest BCUT2D eigenvalue weighted by Crippen LogP contribution is 2.32. The number of urea groups is 1. The summed E-state index contributed by atoms with van der Waals surface area (Å²) >= 11 is 0. The van der Waals surface area contributed by atoms with Crippen molar-refractivity contribution < 1.29 is 18.7 Å². The number of pyridine rings is 1. The molecule has 10 nitrogen and oxygen atoms in total. The van der Waals surface area contributed by atoms with Gasteiger partial charge in [-0.1, -0.05) is 0 Å². The first kappa shape index (κ1) is 21.6. The van der Waals surface area contributed by atoms with E-state index in [1.165, 1.54) is 38.7 Å². The van der Waals surface area contributed by atoms with E-state index in [1.54, 1.807) is 30.5 Å². The fourth-order valence-electron chi connectivity index (χ4n) is 3.22. The van der Waals surface area contributed by atoms with Crippen LogP contribution in [0.3, 0.4) is 0 Å². The first-order valence-corrected chi connectivity index (χ1v) is 9.80. The second-order valence-corrected chi connectivity index (χ2v) is 6.89. The van der Waals surface area contributed by atoms with Crippen molar-refractivity contribution in [3.63, 3.8) is 0 Å². The molecule has 0 aliphatic heterocycles. The van der Waals surface area contributed by atoms with Crippen molar-refractivity contribution in [1.82, 2.24) is 20.5 Å². The fraction of sp³-hybridized carbons (Fsp3) is 0.0909. The molecule has 0 atom stereocenters. The average molecular weight is 449 g/mol. The Morgan fingerprint density at radius 2 is 1.88 bits per heavy atom. The molecule has 0 fully saturated rings. The Morgan fingerprint density at radius 3 is 2.58 bits per heavy atom. The third-order valence-electron chi connectivity index (χ3n) is 4.79. The molecular formula is C22H20FN7O3. The first-order valence-electron chi connectivity index (χ1n) is 9.80. The van der Waals surface area contributed by atoms with E-state index >= 15 is 0 Å². The molecule has 0 saturated heterocycles. The summed E-state index contributed by atoms with van der Waals surface area (Å²) in [7, 11) is 2.99. The van der Waals surface area contributed by atoms with Crippen LogP contribution < -0.4 is 26.0 Å². The topological polar surface area (TPSA) is 133 Å². The normalized spacial score (nSPS) is 10.5. The van der Waals surface area contributed by atoms with Crippen LogP contribution >= 0.6 is 0 Å². The molecule has 11 heteroatoms. The summed E-state index contributed by atoms with van der Waals surface area (Å²) in [6.45, 7) is 0. The Kier molecular flexibility index (Phi) is 6.02. The van der Waals surface area contributed by atoms with Gasteiger partial charge in [-0.05, 0) is 30.3 Å². The van der Waals surface area contributed by atoms with E-state index in [0.29, 0.717) is 33.6 Å². The highest BCUT2D eigenvalue weighted by molar-refractivity contribution is 6.04. The molecule has 4 rings (SSSR count). The molecule has 0 aliphatic carbocycles. The minimum atomic E-state index is -0.582. The van der Waals surface area contributed by atoms with Gasteiger partial charge in [-0.25, -0.2) is 9.18 Å². The van der Waals surface area contributed by atoms with E-state index in [9.17, 15) is 14.0 Å². The highest BCUT2D eigenvalue weighted by Gasteiger charge is 2.15. The lowest BCUT2D eigenvalue weighted by atomic mass is 10.1. The van der Waals surface area contributed by atoms with Crippen LogP contribution in [0.4, 0.5) is 31.9 Å². The quantitative estimate of drug-likeness (QED) is 0.304. The van der Waals surface area contributed by atoms with Crippen LogP contribution in [-0.4, -0.2) is 41.3 Å². The largest absolute Gasteiger partial charge is 0.496 e. The second kappa shape index (κ2) is 9.22. The molecule has 3 amide bonds. The SMILES string of the molecule is CNC(=O)c1cc2c(Nc3ccc(NC(=O)Nc4cn[nH]c4)cc3F)ccnc2cc1OC. The molecule has 5 N–H and O–H groups in total. The summed E-state index contributed by atoms with van der Waals surface area (Å²) < 4.78 is 20.1. The maximum absolute atomic E-state index is 14.8. The monoisotopic (exact) mass is 449 g/mol. The van der Waals surface area contributed by atoms with Crippen molar-refractivity contribution >= 4 is 45.6 Å². The van der Waals surface area contributed by atoms with Gasteiger partial charge in [-0.2, -0.15) is 5.10 Å². The zero-order valence-corrected chi connectivity index (χ0v) is 17.7. The maximum Gasteiger partial charge on any atom is 0.323 e. The van der Waals surface area contributed by atoms with Gasteiger partial charge in [0.25, 0.3) is 5.91 Å². The Hall–Kier alpha value is -4.67. The second-order valence-electron chi connectivity index (χ2n) is 6.89. The highest BCUT2D eigenvalue weighted by atomic mass is 19.1. The average Bonchev–Trinajstić information content (AvgIpc) is 3.32. The number of methoxy groups -OCH3 is 1. The smallest absolute Gasteiger partial charge is 0.323 e. The number of nitrogens with zero attached hydrogens (tertiary/aromatic N) is 2. The summed E-state index contributed by atoms with van der Waals surface area (Å²) in [5.41, 5.74) is 2.37. The molecule has 2 aromatic heterocycles. The summed E-state index contributed by atoms with van der Waals surface area (Å²) in [5.74, 6) is -0.526. The number of carbonyl (C=O) groups is 2. The number of hydrogen-bond acceptors (Lipinski definition) is 6. The van der Waals surface area contributed by atoms with Crippen molar-refractivity contribution in [3.05, 3.63) is 66.4 Å². The van der Waals surface area contributed by atoms with Crippen molar-refractivity contribution in [2.45, 2.75) is 0 Å². The summed E-state index contributed by atoms with van der Waals surface area (Å²) in [6.07, 6.45) is 4.52. The minimum Gasteiger partial charge on any atom is -0.496 e. The predicted molar refractivity (Wildman–Crippen MR) is 123 cm³/mol. The number of amides is 3. The first-order chi connectivity index (χ1) is 16.0. The molecule has 2 aromatic carbocycles.